The molecule has 2 rings (SSSR count). The first-order chi connectivity index (χ1) is 10.2. The molecule has 0 amide bonds. The molecule has 0 spiro atoms. The summed E-state index contributed by atoms with van der Waals surface area (Å²) in [6, 6.07) is 13.5. The molecule has 0 bridgehead atoms. The number of benzene rings is 2. The van der Waals surface area contributed by atoms with Gasteiger partial charge in [0.2, 0.25) is 0 Å². The van der Waals surface area contributed by atoms with Crippen LogP contribution in [0.4, 0.5) is 0 Å². The Morgan fingerprint density at radius 1 is 1.05 bits per heavy atom. The zero-order chi connectivity index (χ0) is 15.1. The Hall–Kier alpha value is -1.71. The van der Waals surface area contributed by atoms with E-state index in [1.54, 1.807) is 0 Å². The predicted molar refractivity (Wildman–Crippen MR) is 86.4 cm³/mol. The molecular weight excluding hydrogens is 286 g/mol. The normalized spacial score (nSPS) is 10.4. The summed E-state index contributed by atoms with van der Waals surface area (Å²) in [5.41, 5.74) is 7.81. The molecule has 0 heterocycles. The second-order valence-corrected chi connectivity index (χ2v) is 5.24. The lowest BCUT2D eigenvalue weighted by Gasteiger charge is -2.12. The summed E-state index contributed by atoms with van der Waals surface area (Å²) in [6.07, 6.45) is 0.745. The number of hydrogen-bond acceptors (Lipinski definition) is 3. The molecule has 0 atom stereocenters. The highest BCUT2D eigenvalue weighted by atomic mass is 35.5. The van der Waals surface area contributed by atoms with Crippen molar-refractivity contribution in [2.45, 2.75) is 13.3 Å². The summed E-state index contributed by atoms with van der Waals surface area (Å²) in [4.78, 5) is 0. The van der Waals surface area contributed by atoms with E-state index in [1.165, 1.54) is 5.56 Å². The lowest BCUT2D eigenvalue weighted by atomic mass is 10.1. The number of halogens is 1. The fourth-order valence-electron chi connectivity index (χ4n) is 2.06. The van der Waals surface area contributed by atoms with Gasteiger partial charge in [0, 0.05) is 5.02 Å². The first-order valence-corrected chi connectivity index (χ1v) is 7.37. The summed E-state index contributed by atoms with van der Waals surface area (Å²) in [6.45, 7) is 3.58. The van der Waals surface area contributed by atoms with E-state index in [-0.39, 0.29) is 0 Å². The minimum atomic E-state index is 0.479. The fourth-order valence-corrected chi connectivity index (χ4v) is 2.25. The number of nitrogens with two attached hydrogens (primary N) is 1. The molecule has 0 unspecified atom stereocenters. The van der Waals surface area contributed by atoms with Gasteiger partial charge in [-0.3, -0.25) is 0 Å². The monoisotopic (exact) mass is 305 g/mol. The first-order valence-electron chi connectivity index (χ1n) is 7.00. The van der Waals surface area contributed by atoms with Crippen molar-refractivity contribution in [1.82, 2.24) is 0 Å². The summed E-state index contributed by atoms with van der Waals surface area (Å²) < 4.78 is 11.4. The molecule has 2 aromatic rings. The highest BCUT2D eigenvalue weighted by Gasteiger charge is 2.04. The molecule has 3 nitrogen and oxygen atoms in total. The standard InChI is InChI=1S/C17H20ClNO2/c1-13-3-2-4-16(11-13)20-9-10-21-17-6-5-15(18)12-14(17)7-8-19/h2-6,11-12H,7-10,19H2,1H3. The topological polar surface area (TPSA) is 44.5 Å². The summed E-state index contributed by atoms with van der Waals surface area (Å²) in [5, 5.41) is 0.696. The van der Waals surface area contributed by atoms with Gasteiger partial charge in [-0.2, -0.15) is 0 Å². The highest BCUT2D eigenvalue weighted by Crippen LogP contribution is 2.23. The summed E-state index contributed by atoms with van der Waals surface area (Å²) in [7, 11) is 0. The second-order valence-electron chi connectivity index (χ2n) is 4.80. The van der Waals surface area contributed by atoms with Gasteiger partial charge in [0.05, 0.1) is 0 Å². The van der Waals surface area contributed by atoms with Gasteiger partial charge in [0.25, 0.3) is 0 Å². The van der Waals surface area contributed by atoms with Crippen molar-refractivity contribution >= 4 is 11.6 Å². The Labute approximate surface area is 130 Å². The lowest BCUT2D eigenvalue weighted by molar-refractivity contribution is 0.216. The molecule has 0 saturated carbocycles. The number of rotatable bonds is 7. The fraction of sp³-hybridized carbons (Fsp3) is 0.294. The van der Waals surface area contributed by atoms with E-state index < -0.39 is 0 Å². The van der Waals surface area contributed by atoms with Gasteiger partial charge in [-0.1, -0.05) is 23.7 Å². The van der Waals surface area contributed by atoms with Crippen molar-refractivity contribution < 1.29 is 9.47 Å². The Kier molecular flexibility index (Phi) is 5.90. The van der Waals surface area contributed by atoms with Gasteiger partial charge in [-0.05, 0) is 61.3 Å². The molecule has 0 radical (unpaired) electrons. The molecular formula is C17H20ClNO2. The van der Waals surface area contributed by atoms with Gasteiger partial charge in [0.15, 0.2) is 0 Å². The van der Waals surface area contributed by atoms with E-state index >= 15 is 0 Å². The Morgan fingerprint density at radius 3 is 2.62 bits per heavy atom. The minimum Gasteiger partial charge on any atom is -0.490 e. The van der Waals surface area contributed by atoms with Crippen LogP contribution in [0.15, 0.2) is 42.5 Å². The molecule has 2 aromatic carbocycles. The average Bonchev–Trinajstić information content (AvgIpc) is 2.46. The quantitative estimate of drug-likeness (QED) is 0.795. The predicted octanol–water partition coefficient (Wildman–Crippen LogP) is 3.61. The number of ether oxygens (including phenoxy) is 2. The van der Waals surface area contributed by atoms with Crippen LogP contribution < -0.4 is 15.2 Å². The van der Waals surface area contributed by atoms with Crippen molar-refractivity contribution in [3.8, 4) is 11.5 Å². The van der Waals surface area contributed by atoms with Crippen molar-refractivity contribution in [1.29, 1.82) is 0 Å². The van der Waals surface area contributed by atoms with Gasteiger partial charge >= 0.3 is 0 Å². The number of aryl methyl sites for hydroxylation is 1. The lowest BCUT2D eigenvalue weighted by Crippen LogP contribution is -2.11. The molecule has 0 fully saturated rings. The van der Waals surface area contributed by atoms with Crippen molar-refractivity contribution in [3.05, 3.63) is 58.6 Å². The zero-order valence-corrected chi connectivity index (χ0v) is 12.9. The third-order valence-corrected chi connectivity index (χ3v) is 3.27. The van der Waals surface area contributed by atoms with Gasteiger partial charge in [-0.25, -0.2) is 0 Å². The highest BCUT2D eigenvalue weighted by molar-refractivity contribution is 6.30. The van der Waals surface area contributed by atoms with Crippen molar-refractivity contribution in [2.24, 2.45) is 5.73 Å². The Morgan fingerprint density at radius 2 is 1.86 bits per heavy atom. The minimum absolute atomic E-state index is 0.479. The van der Waals surface area contributed by atoms with Crippen LogP contribution in [0.1, 0.15) is 11.1 Å². The molecule has 0 aliphatic rings. The van der Waals surface area contributed by atoms with E-state index in [0.717, 1.165) is 23.5 Å². The van der Waals surface area contributed by atoms with E-state index in [2.05, 4.69) is 0 Å². The molecule has 0 saturated heterocycles. The average molecular weight is 306 g/mol. The third kappa shape index (κ3) is 4.96. The zero-order valence-electron chi connectivity index (χ0n) is 12.1. The molecule has 0 aliphatic heterocycles. The third-order valence-electron chi connectivity index (χ3n) is 3.04. The second kappa shape index (κ2) is 7.91. The SMILES string of the molecule is Cc1cccc(OCCOc2ccc(Cl)cc2CCN)c1. The summed E-state index contributed by atoms with van der Waals surface area (Å²) in [5.74, 6) is 1.68. The maximum atomic E-state index is 5.99. The van der Waals surface area contributed by atoms with Crippen LogP contribution in [-0.4, -0.2) is 19.8 Å². The van der Waals surface area contributed by atoms with Crippen LogP contribution in [0.3, 0.4) is 0 Å². The van der Waals surface area contributed by atoms with E-state index in [0.29, 0.717) is 24.8 Å². The van der Waals surface area contributed by atoms with Crippen LogP contribution in [0, 0.1) is 6.92 Å². The van der Waals surface area contributed by atoms with E-state index in [1.807, 2.05) is 49.4 Å². The largest absolute Gasteiger partial charge is 0.490 e. The van der Waals surface area contributed by atoms with Gasteiger partial charge in [-0.15, -0.1) is 0 Å². The molecule has 112 valence electrons. The Balaban J connectivity index is 1.86. The molecule has 0 aliphatic carbocycles. The maximum absolute atomic E-state index is 5.99. The van der Waals surface area contributed by atoms with Crippen LogP contribution in [-0.2, 0) is 6.42 Å². The molecule has 21 heavy (non-hydrogen) atoms. The molecule has 4 heteroatoms. The van der Waals surface area contributed by atoms with Crippen molar-refractivity contribution in [2.75, 3.05) is 19.8 Å². The van der Waals surface area contributed by atoms with Gasteiger partial charge in [0.1, 0.15) is 24.7 Å². The van der Waals surface area contributed by atoms with Crippen LogP contribution >= 0.6 is 11.6 Å². The number of hydrogen-bond donors (Lipinski definition) is 1. The molecule has 2 N–H and O–H groups in total. The Bertz CT molecular complexity index is 587. The maximum Gasteiger partial charge on any atom is 0.122 e. The van der Waals surface area contributed by atoms with E-state index in [9.17, 15) is 0 Å². The van der Waals surface area contributed by atoms with Gasteiger partial charge < -0.3 is 15.2 Å². The van der Waals surface area contributed by atoms with E-state index in [4.69, 9.17) is 26.8 Å². The van der Waals surface area contributed by atoms with Crippen LogP contribution in [0.5, 0.6) is 11.5 Å². The smallest absolute Gasteiger partial charge is 0.122 e. The van der Waals surface area contributed by atoms with Crippen molar-refractivity contribution in [3.63, 3.8) is 0 Å². The molecule has 0 aromatic heterocycles. The first kappa shape index (κ1) is 15.7. The van der Waals surface area contributed by atoms with Crippen LogP contribution in [0.25, 0.3) is 0 Å². The van der Waals surface area contributed by atoms with Crippen LogP contribution in [0.2, 0.25) is 5.02 Å². The summed E-state index contributed by atoms with van der Waals surface area (Å²) >= 11 is 5.99.